The van der Waals surface area contributed by atoms with E-state index in [1.165, 1.54) is 0 Å². The van der Waals surface area contributed by atoms with Gasteiger partial charge in [-0.05, 0) is 31.0 Å². The molecule has 1 saturated heterocycles. The van der Waals surface area contributed by atoms with Crippen molar-refractivity contribution in [1.82, 2.24) is 4.98 Å². The van der Waals surface area contributed by atoms with E-state index in [-0.39, 0.29) is 12.0 Å². The zero-order valence-corrected chi connectivity index (χ0v) is 10.7. The van der Waals surface area contributed by atoms with Crippen LogP contribution in [0.25, 0.3) is 11.1 Å². The minimum absolute atomic E-state index is 0.0431. The second-order valence-electron chi connectivity index (χ2n) is 4.77. The lowest BCUT2D eigenvalue weighted by Gasteiger charge is -2.12. The molecule has 0 saturated carbocycles. The molecular formula is C13H15N3O4. The molecule has 1 aromatic carbocycles. The van der Waals surface area contributed by atoms with E-state index in [0.29, 0.717) is 29.8 Å². The van der Waals surface area contributed by atoms with Crippen LogP contribution in [0.5, 0.6) is 0 Å². The van der Waals surface area contributed by atoms with E-state index in [1.807, 2.05) is 0 Å². The molecule has 3 rings (SSSR count). The second kappa shape index (κ2) is 5.10. The summed E-state index contributed by atoms with van der Waals surface area (Å²) in [6.45, 7) is 0.423. The molecule has 1 aromatic heterocycles. The van der Waals surface area contributed by atoms with Crippen molar-refractivity contribution in [3.8, 4) is 0 Å². The number of aromatic amines is 1. The predicted molar refractivity (Wildman–Crippen MR) is 72.4 cm³/mol. The van der Waals surface area contributed by atoms with Crippen molar-refractivity contribution < 1.29 is 13.9 Å². The summed E-state index contributed by atoms with van der Waals surface area (Å²) < 4.78 is 10.4. The van der Waals surface area contributed by atoms with E-state index < -0.39 is 11.9 Å². The molecule has 1 aliphatic heterocycles. The Labute approximate surface area is 114 Å². The maximum atomic E-state index is 12.0. The number of fused-ring (bicyclic) bond motifs is 1. The minimum Gasteiger partial charge on any atom is -0.408 e. The zero-order chi connectivity index (χ0) is 14.1. The third-order valence-electron chi connectivity index (χ3n) is 3.35. The second-order valence-corrected chi connectivity index (χ2v) is 4.77. The van der Waals surface area contributed by atoms with Crippen LogP contribution in [0.4, 0.5) is 5.69 Å². The maximum Gasteiger partial charge on any atom is 0.417 e. The normalized spacial score (nSPS) is 22.2. The van der Waals surface area contributed by atoms with Gasteiger partial charge < -0.3 is 20.2 Å². The summed E-state index contributed by atoms with van der Waals surface area (Å²) >= 11 is 0. The lowest BCUT2D eigenvalue weighted by molar-refractivity contribution is -0.126. The van der Waals surface area contributed by atoms with E-state index in [2.05, 4.69) is 10.3 Å². The van der Waals surface area contributed by atoms with Crippen LogP contribution in [0, 0.1) is 0 Å². The zero-order valence-electron chi connectivity index (χ0n) is 10.7. The summed E-state index contributed by atoms with van der Waals surface area (Å²) in [6, 6.07) is 4.95. The smallest absolute Gasteiger partial charge is 0.408 e. The molecule has 0 spiro atoms. The fraction of sp³-hybridized carbons (Fsp3) is 0.385. The number of hydrogen-bond acceptors (Lipinski definition) is 5. The SMILES string of the molecule is NC[C@H]1CC[C@@H](C(=O)Nc2ccc3oc(=O)[nH]c3c2)O1. The lowest BCUT2D eigenvalue weighted by atomic mass is 10.2. The molecule has 2 atom stereocenters. The summed E-state index contributed by atoms with van der Waals surface area (Å²) in [6.07, 6.45) is 0.947. The number of nitrogens with one attached hydrogen (secondary N) is 2. The largest absolute Gasteiger partial charge is 0.417 e. The van der Waals surface area contributed by atoms with Crippen molar-refractivity contribution in [3.63, 3.8) is 0 Å². The molecule has 0 aliphatic carbocycles. The first kappa shape index (κ1) is 12.9. The highest BCUT2D eigenvalue weighted by Gasteiger charge is 2.29. The van der Waals surface area contributed by atoms with Crippen LogP contribution in [0.2, 0.25) is 0 Å². The van der Waals surface area contributed by atoms with Crippen LogP contribution < -0.4 is 16.8 Å². The average Bonchev–Trinajstić information content (AvgIpc) is 3.03. The Hall–Kier alpha value is -2.12. The van der Waals surface area contributed by atoms with Crippen molar-refractivity contribution in [3.05, 3.63) is 28.7 Å². The highest BCUT2D eigenvalue weighted by molar-refractivity contribution is 5.95. The number of H-pyrrole nitrogens is 1. The van der Waals surface area contributed by atoms with Gasteiger partial charge in [-0.2, -0.15) is 0 Å². The fourth-order valence-corrected chi connectivity index (χ4v) is 2.32. The number of carbonyl (C=O) groups is 1. The lowest BCUT2D eigenvalue weighted by Crippen LogP contribution is -2.29. The Morgan fingerprint density at radius 1 is 1.45 bits per heavy atom. The number of hydrogen-bond donors (Lipinski definition) is 3. The number of nitrogens with two attached hydrogens (primary N) is 1. The van der Waals surface area contributed by atoms with Crippen molar-refractivity contribution in [2.75, 3.05) is 11.9 Å². The van der Waals surface area contributed by atoms with Crippen LogP contribution in [0.15, 0.2) is 27.4 Å². The molecule has 20 heavy (non-hydrogen) atoms. The molecule has 0 unspecified atom stereocenters. The highest BCUT2D eigenvalue weighted by Crippen LogP contribution is 2.21. The molecule has 2 aromatic rings. The van der Waals surface area contributed by atoms with Crippen LogP contribution in [0.3, 0.4) is 0 Å². The van der Waals surface area contributed by atoms with E-state index in [1.54, 1.807) is 18.2 Å². The van der Waals surface area contributed by atoms with Gasteiger partial charge >= 0.3 is 5.76 Å². The Kier molecular flexibility index (Phi) is 3.29. The molecular weight excluding hydrogens is 262 g/mol. The number of ether oxygens (including phenoxy) is 1. The van der Waals surface area contributed by atoms with Gasteiger partial charge in [0, 0.05) is 12.2 Å². The maximum absolute atomic E-state index is 12.0. The standard InChI is InChI=1S/C13H15N3O4/c14-6-8-2-4-11(19-8)12(17)15-7-1-3-10-9(5-7)16-13(18)20-10/h1,3,5,8,11H,2,4,6,14H2,(H,15,17)(H,16,18)/t8-,11+/m1/s1. The van der Waals surface area contributed by atoms with Gasteiger partial charge in [0.05, 0.1) is 11.6 Å². The van der Waals surface area contributed by atoms with Gasteiger partial charge in [-0.25, -0.2) is 4.79 Å². The first-order chi connectivity index (χ1) is 9.65. The molecule has 4 N–H and O–H groups in total. The molecule has 7 heteroatoms. The monoisotopic (exact) mass is 277 g/mol. The molecule has 1 fully saturated rings. The van der Waals surface area contributed by atoms with E-state index >= 15 is 0 Å². The topological polar surface area (TPSA) is 110 Å². The van der Waals surface area contributed by atoms with Crippen LogP contribution in [-0.2, 0) is 9.53 Å². The Morgan fingerprint density at radius 3 is 3.05 bits per heavy atom. The van der Waals surface area contributed by atoms with Crippen molar-refractivity contribution >= 4 is 22.7 Å². The number of anilines is 1. The van der Waals surface area contributed by atoms with Crippen molar-refractivity contribution in [2.24, 2.45) is 5.73 Å². The Bertz CT molecular complexity index is 690. The third-order valence-corrected chi connectivity index (χ3v) is 3.35. The molecule has 1 amide bonds. The number of oxazole rings is 1. The molecule has 0 radical (unpaired) electrons. The Balaban J connectivity index is 1.72. The van der Waals surface area contributed by atoms with Gasteiger partial charge in [-0.15, -0.1) is 0 Å². The average molecular weight is 277 g/mol. The van der Waals surface area contributed by atoms with Crippen molar-refractivity contribution in [1.29, 1.82) is 0 Å². The molecule has 1 aliphatic rings. The quantitative estimate of drug-likeness (QED) is 0.759. The van der Waals surface area contributed by atoms with Crippen LogP contribution in [-0.4, -0.2) is 29.6 Å². The number of carbonyl (C=O) groups excluding carboxylic acids is 1. The summed E-state index contributed by atoms with van der Waals surface area (Å²) in [4.78, 5) is 25.6. The number of rotatable bonds is 3. The van der Waals surface area contributed by atoms with E-state index in [0.717, 1.165) is 6.42 Å². The van der Waals surface area contributed by atoms with Crippen molar-refractivity contribution in [2.45, 2.75) is 25.0 Å². The van der Waals surface area contributed by atoms with Gasteiger partial charge in [0.2, 0.25) is 0 Å². The fourth-order valence-electron chi connectivity index (χ4n) is 2.32. The molecule has 0 bridgehead atoms. The summed E-state index contributed by atoms with van der Waals surface area (Å²) in [5, 5.41) is 2.76. The summed E-state index contributed by atoms with van der Waals surface area (Å²) in [5.41, 5.74) is 7.09. The molecule has 2 heterocycles. The van der Waals surface area contributed by atoms with E-state index in [4.69, 9.17) is 14.9 Å². The summed E-state index contributed by atoms with van der Waals surface area (Å²) in [7, 11) is 0. The first-order valence-electron chi connectivity index (χ1n) is 6.45. The van der Waals surface area contributed by atoms with Crippen LogP contribution in [0.1, 0.15) is 12.8 Å². The minimum atomic E-state index is -0.520. The molecule has 7 nitrogen and oxygen atoms in total. The van der Waals surface area contributed by atoms with Gasteiger partial charge in [0.1, 0.15) is 6.10 Å². The summed E-state index contributed by atoms with van der Waals surface area (Å²) in [5.74, 6) is -0.723. The van der Waals surface area contributed by atoms with Crippen LogP contribution >= 0.6 is 0 Å². The number of aromatic nitrogens is 1. The predicted octanol–water partition coefficient (Wildman–Crippen LogP) is 0.566. The van der Waals surface area contributed by atoms with E-state index in [9.17, 15) is 9.59 Å². The van der Waals surface area contributed by atoms with Gasteiger partial charge in [-0.1, -0.05) is 0 Å². The Morgan fingerprint density at radius 2 is 2.30 bits per heavy atom. The van der Waals surface area contributed by atoms with Gasteiger partial charge in [0.15, 0.2) is 5.58 Å². The first-order valence-corrected chi connectivity index (χ1v) is 6.45. The highest BCUT2D eigenvalue weighted by atomic mass is 16.5. The third kappa shape index (κ3) is 2.45. The number of benzene rings is 1. The molecule has 106 valence electrons. The van der Waals surface area contributed by atoms with Gasteiger partial charge in [-0.3, -0.25) is 9.78 Å². The number of amides is 1. The van der Waals surface area contributed by atoms with Gasteiger partial charge in [0.25, 0.3) is 5.91 Å².